The Labute approximate surface area is 212 Å². The van der Waals surface area contributed by atoms with E-state index in [1.54, 1.807) is 20.8 Å². The Kier molecular flexibility index (Phi) is 8.35. The fourth-order valence-corrected chi connectivity index (χ4v) is 6.29. The van der Waals surface area contributed by atoms with Gasteiger partial charge in [0.2, 0.25) is 0 Å². The second-order valence-corrected chi connectivity index (χ2v) is 10.8. The summed E-state index contributed by atoms with van der Waals surface area (Å²) in [5.41, 5.74) is -1.72. The van der Waals surface area contributed by atoms with Crippen LogP contribution in [0.4, 0.5) is 0 Å². The fraction of sp³-hybridized carbons (Fsp3) is 0.778. The molecule has 9 atom stereocenters. The van der Waals surface area contributed by atoms with Crippen molar-refractivity contribution in [1.82, 2.24) is 0 Å². The van der Waals surface area contributed by atoms with Gasteiger partial charge in [-0.25, -0.2) is 0 Å². The number of Topliss-reactive ketones (excluding diaryl/α,β-unsaturated/α-hetero) is 1. The standard InChI is InChI=1S/C27H40O9/c1-8-9-22(30)35-19-11-10-14(2)12-21-27(36-21,16(4)25(32)33-7)24(31)23-15(3)18(29)13-20(26(19,23)6)34-17(5)28/h12,15-16,18-21,23,29H,8-11,13H2,1-7H3/b14-12-/t15-,16+,18-,19+,20+,21-,23-,26+,27+/m1/s1. The van der Waals surface area contributed by atoms with Gasteiger partial charge in [0.05, 0.1) is 24.5 Å². The van der Waals surface area contributed by atoms with Crippen LogP contribution in [0.2, 0.25) is 0 Å². The minimum absolute atomic E-state index is 0.0987. The highest BCUT2D eigenvalue weighted by Gasteiger charge is 2.72. The highest BCUT2D eigenvalue weighted by Crippen LogP contribution is 2.57. The predicted molar refractivity (Wildman–Crippen MR) is 129 cm³/mol. The summed E-state index contributed by atoms with van der Waals surface area (Å²) < 4.78 is 22.7. The first-order valence-electron chi connectivity index (χ1n) is 12.9. The van der Waals surface area contributed by atoms with Crippen molar-refractivity contribution in [3.63, 3.8) is 0 Å². The topological polar surface area (TPSA) is 129 Å². The van der Waals surface area contributed by atoms with Crippen LogP contribution in [0.3, 0.4) is 0 Å². The molecule has 9 heteroatoms. The molecule has 0 aromatic heterocycles. The van der Waals surface area contributed by atoms with E-state index >= 15 is 0 Å². The molecule has 1 saturated heterocycles. The van der Waals surface area contributed by atoms with Crippen LogP contribution in [-0.2, 0) is 38.1 Å². The zero-order valence-electron chi connectivity index (χ0n) is 22.4. The number of hydrogen-bond donors (Lipinski definition) is 1. The summed E-state index contributed by atoms with van der Waals surface area (Å²) in [6.07, 6.45) is 0.478. The summed E-state index contributed by atoms with van der Waals surface area (Å²) in [6.45, 7) is 10.2. The summed E-state index contributed by atoms with van der Waals surface area (Å²) in [5.74, 6) is -4.31. The molecule has 2 aliphatic carbocycles. The molecule has 1 N–H and O–H groups in total. The van der Waals surface area contributed by atoms with Crippen LogP contribution in [0, 0.1) is 23.2 Å². The third kappa shape index (κ3) is 4.84. The van der Waals surface area contributed by atoms with Crippen molar-refractivity contribution < 1.29 is 43.2 Å². The first kappa shape index (κ1) is 28.3. The van der Waals surface area contributed by atoms with Crippen LogP contribution in [0.1, 0.15) is 73.6 Å². The Bertz CT molecular complexity index is 926. The van der Waals surface area contributed by atoms with Crippen molar-refractivity contribution in [3.05, 3.63) is 11.6 Å². The molecule has 0 spiro atoms. The minimum Gasteiger partial charge on any atom is -0.469 e. The number of ether oxygens (including phenoxy) is 4. The van der Waals surface area contributed by atoms with Crippen molar-refractivity contribution in [3.8, 4) is 0 Å². The van der Waals surface area contributed by atoms with E-state index in [1.165, 1.54) is 14.0 Å². The van der Waals surface area contributed by atoms with Crippen molar-refractivity contribution in [2.75, 3.05) is 7.11 Å². The molecule has 1 heterocycles. The van der Waals surface area contributed by atoms with Crippen molar-refractivity contribution >= 4 is 23.7 Å². The lowest BCUT2D eigenvalue weighted by Gasteiger charge is -2.54. The van der Waals surface area contributed by atoms with E-state index in [2.05, 4.69) is 0 Å². The smallest absolute Gasteiger partial charge is 0.311 e. The summed E-state index contributed by atoms with van der Waals surface area (Å²) in [4.78, 5) is 52.0. The molecule has 3 rings (SSSR count). The Morgan fingerprint density at radius 2 is 1.92 bits per heavy atom. The van der Waals surface area contributed by atoms with E-state index in [1.807, 2.05) is 19.9 Å². The van der Waals surface area contributed by atoms with Gasteiger partial charge in [-0.2, -0.15) is 0 Å². The van der Waals surface area contributed by atoms with Crippen LogP contribution < -0.4 is 0 Å². The van der Waals surface area contributed by atoms with Crippen LogP contribution in [0.15, 0.2) is 11.6 Å². The number of carbonyl (C=O) groups excluding carboxylic acids is 4. The van der Waals surface area contributed by atoms with Gasteiger partial charge >= 0.3 is 17.9 Å². The van der Waals surface area contributed by atoms with E-state index in [0.29, 0.717) is 19.3 Å². The number of allylic oxidation sites excluding steroid dienone is 1. The number of fused-ring (bicyclic) bond motifs is 2. The molecular formula is C27H40O9. The molecule has 0 amide bonds. The molecule has 0 aromatic carbocycles. The molecule has 202 valence electrons. The van der Waals surface area contributed by atoms with Crippen LogP contribution in [0.5, 0.6) is 0 Å². The molecule has 0 aromatic rings. The lowest BCUT2D eigenvalue weighted by molar-refractivity contribution is -0.207. The van der Waals surface area contributed by atoms with Crippen LogP contribution in [-0.4, -0.2) is 65.9 Å². The molecule has 2 fully saturated rings. The molecule has 0 unspecified atom stereocenters. The van der Waals surface area contributed by atoms with Gasteiger partial charge in [-0.15, -0.1) is 0 Å². The molecule has 0 radical (unpaired) electrons. The van der Waals surface area contributed by atoms with E-state index in [0.717, 1.165) is 5.57 Å². The second kappa shape index (κ2) is 10.6. The lowest BCUT2D eigenvalue weighted by Crippen LogP contribution is -2.64. The normalized spacial score (nSPS) is 40.4. The number of aliphatic hydroxyl groups is 1. The molecule has 9 nitrogen and oxygen atoms in total. The van der Waals surface area contributed by atoms with E-state index in [4.69, 9.17) is 18.9 Å². The molecule has 1 aliphatic heterocycles. The van der Waals surface area contributed by atoms with E-state index in [-0.39, 0.29) is 18.6 Å². The largest absolute Gasteiger partial charge is 0.469 e. The Morgan fingerprint density at radius 3 is 2.50 bits per heavy atom. The number of rotatable bonds is 6. The quantitative estimate of drug-likeness (QED) is 0.249. The maximum Gasteiger partial charge on any atom is 0.311 e. The number of epoxide rings is 1. The van der Waals surface area contributed by atoms with Crippen molar-refractivity contribution in [2.24, 2.45) is 23.2 Å². The third-order valence-corrected chi connectivity index (χ3v) is 8.47. The van der Waals surface area contributed by atoms with Gasteiger partial charge in [-0.1, -0.05) is 32.4 Å². The first-order valence-corrected chi connectivity index (χ1v) is 12.9. The van der Waals surface area contributed by atoms with Gasteiger partial charge in [0, 0.05) is 25.7 Å². The molecule has 1 saturated carbocycles. The van der Waals surface area contributed by atoms with Gasteiger partial charge < -0.3 is 24.1 Å². The number of ketones is 1. The zero-order chi connectivity index (χ0) is 27.0. The average molecular weight is 509 g/mol. The van der Waals surface area contributed by atoms with E-state index in [9.17, 15) is 24.3 Å². The number of hydrogen-bond acceptors (Lipinski definition) is 9. The Balaban J connectivity index is 2.22. The summed E-state index contributed by atoms with van der Waals surface area (Å²) in [7, 11) is 1.26. The third-order valence-electron chi connectivity index (χ3n) is 8.47. The molecule has 0 bridgehead atoms. The van der Waals surface area contributed by atoms with Crippen LogP contribution in [0.25, 0.3) is 0 Å². The summed E-state index contributed by atoms with van der Waals surface area (Å²) >= 11 is 0. The highest BCUT2D eigenvalue weighted by atomic mass is 16.6. The number of methoxy groups -OCH3 is 1. The van der Waals surface area contributed by atoms with Crippen molar-refractivity contribution in [1.29, 1.82) is 0 Å². The van der Waals surface area contributed by atoms with Crippen molar-refractivity contribution in [2.45, 2.75) is 104 Å². The second-order valence-electron chi connectivity index (χ2n) is 10.8. The Morgan fingerprint density at radius 1 is 1.25 bits per heavy atom. The average Bonchev–Trinajstić information content (AvgIpc) is 3.53. The molecular weight excluding hydrogens is 468 g/mol. The van der Waals surface area contributed by atoms with Gasteiger partial charge in [0.1, 0.15) is 18.3 Å². The monoisotopic (exact) mass is 508 g/mol. The lowest BCUT2D eigenvalue weighted by atomic mass is 9.54. The number of aliphatic hydroxyl groups excluding tert-OH is 1. The zero-order valence-corrected chi connectivity index (χ0v) is 22.4. The fourth-order valence-electron chi connectivity index (χ4n) is 6.29. The SMILES string of the molecule is CCCC(=O)O[C@H]1CC/C(C)=C\[C@H]2O[C@]2([C@@H](C)C(=O)OC)C(=O)[C@H]2[C@H](C)[C@H](O)C[C@H](OC(C)=O)[C@]12C. The Hall–Kier alpha value is -2.26. The van der Waals surface area contributed by atoms with Gasteiger partial charge in [0.25, 0.3) is 0 Å². The summed E-state index contributed by atoms with van der Waals surface area (Å²) in [6, 6.07) is 0. The number of esters is 3. The minimum atomic E-state index is -1.48. The first-order chi connectivity index (χ1) is 16.8. The molecule has 36 heavy (non-hydrogen) atoms. The summed E-state index contributed by atoms with van der Waals surface area (Å²) in [5, 5.41) is 11.0. The predicted octanol–water partition coefficient (Wildman–Crippen LogP) is 2.91. The maximum absolute atomic E-state index is 14.5. The van der Waals surface area contributed by atoms with Gasteiger partial charge in [-0.3, -0.25) is 19.2 Å². The van der Waals surface area contributed by atoms with Gasteiger partial charge in [0.15, 0.2) is 11.4 Å². The highest BCUT2D eigenvalue weighted by molar-refractivity contribution is 5.98. The number of carbonyl (C=O) groups is 4. The maximum atomic E-state index is 14.5. The van der Waals surface area contributed by atoms with Crippen LogP contribution >= 0.6 is 0 Å². The molecule has 3 aliphatic rings. The van der Waals surface area contributed by atoms with E-state index < -0.39 is 71.1 Å². The van der Waals surface area contributed by atoms with Gasteiger partial charge in [-0.05, 0) is 39.0 Å².